The fraction of sp³-hybridized carbons (Fsp3) is 0.182. The minimum atomic E-state index is 1.07. The molecular weight excluding hydrogens is 437 g/mol. The van der Waals surface area contributed by atoms with Crippen LogP contribution in [0.1, 0.15) is 23.6 Å². The highest BCUT2D eigenvalue weighted by Gasteiger charge is 2.16. The third-order valence-corrected chi connectivity index (χ3v) is 7.10. The molecule has 0 spiro atoms. The van der Waals surface area contributed by atoms with E-state index < -0.39 is 0 Å². The Morgan fingerprint density at radius 1 is 0.880 bits per heavy atom. The minimum Gasteiger partial charge on any atom is -0.281 e. The summed E-state index contributed by atoms with van der Waals surface area (Å²) in [5, 5.41) is 2.74. The molecule has 25 heavy (non-hydrogen) atoms. The molecule has 0 fully saturated rings. The number of hydrogen-bond donors (Lipinski definition) is 0. The van der Waals surface area contributed by atoms with Gasteiger partial charge >= 0.3 is 0 Å². The lowest BCUT2D eigenvalue weighted by Crippen LogP contribution is -2.03. The lowest BCUT2D eigenvalue weighted by Gasteiger charge is -2.20. The van der Waals surface area contributed by atoms with Crippen LogP contribution in [-0.4, -0.2) is 0 Å². The smallest absolute Gasteiger partial charge is 0.0689 e. The van der Waals surface area contributed by atoms with Crippen LogP contribution in [0, 0.1) is 13.8 Å². The molecule has 0 radical (unpaired) electrons. The van der Waals surface area contributed by atoms with Gasteiger partial charge in [-0.25, -0.2) is 0 Å². The van der Waals surface area contributed by atoms with Crippen molar-refractivity contribution in [1.29, 1.82) is 0 Å². The Balaban J connectivity index is 1.96. The number of aryl methyl sites for hydroxylation is 3. The quantitative estimate of drug-likeness (QED) is 0.225. The van der Waals surface area contributed by atoms with Crippen LogP contribution in [0.5, 0.6) is 0 Å². The molecule has 126 valence electrons. The van der Waals surface area contributed by atoms with E-state index in [1.165, 1.54) is 48.2 Å². The third kappa shape index (κ3) is 2.83. The predicted molar refractivity (Wildman–Crippen MR) is 121 cm³/mol. The molecule has 1 nitrogen and oxygen atoms in total. The predicted octanol–water partition coefficient (Wildman–Crippen LogP) is 7.72. The van der Waals surface area contributed by atoms with E-state index in [4.69, 9.17) is 0 Å². The Morgan fingerprint density at radius 3 is 2.32 bits per heavy atom. The Hall–Kier alpha value is -1.59. The van der Waals surface area contributed by atoms with Gasteiger partial charge in [0.05, 0.1) is 38.9 Å². The van der Waals surface area contributed by atoms with E-state index in [1.54, 1.807) is 0 Å². The second kappa shape index (κ2) is 6.61. The average Bonchev–Trinajstić information content (AvgIpc) is 3.00. The zero-order chi connectivity index (χ0) is 17.6. The Morgan fingerprint density at radius 2 is 1.60 bits per heavy atom. The van der Waals surface area contributed by atoms with E-state index in [9.17, 15) is 0 Å². The first-order valence-corrected chi connectivity index (χ1v) is 10.3. The molecule has 0 aliphatic rings. The summed E-state index contributed by atoms with van der Waals surface area (Å²) in [7, 11) is 0. The van der Waals surface area contributed by atoms with Crippen LogP contribution in [0.25, 0.3) is 20.2 Å². The van der Waals surface area contributed by atoms with Gasteiger partial charge in [0.15, 0.2) is 0 Å². The van der Waals surface area contributed by atoms with Gasteiger partial charge in [0.25, 0.3) is 0 Å². The van der Waals surface area contributed by atoms with Crippen molar-refractivity contribution in [2.75, 3.05) is 3.11 Å². The van der Waals surface area contributed by atoms with Crippen LogP contribution in [0.2, 0.25) is 0 Å². The van der Waals surface area contributed by atoms with Crippen molar-refractivity contribution in [3.63, 3.8) is 0 Å². The van der Waals surface area contributed by atoms with Gasteiger partial charge in [-0.3, -0.25) is 3.11 Å². The Bertz CT molecular complexity index is 1080. The molecule has 0 aliphatic carbocycles. The Kier molecular flexibility index (Phi) is 4.46. The van der Waals surface area contributed by atoms with E-state index in [1.807, 2.05) is 11.3 Å². The second-order valence-corrected chi connectivity index (χ2v) is 8.46. The summed E-state index contributed by atoms with van der Waals surface area (Å²) in [5.74, 6) is 0. The summed E-state index contributed by atoms with van der Waals surface area (Å²) >= 11 is 4.37. The van der Waals surface area contributed by atoms with E-state index >= 15 is 0 Å². The molecule has 0 N–H and O–H groups in total. The summed E-state index contributed by atoms with van der Waals surface area (Å²) in [4.78, 5) is 0. The summed E-state index contributed by atoms with van der Waals surface area (Å²) < 4.78 is 5.10. The number of benzene rings is 3. The van der Waals surface area contributed by atoms with Crippen molar-refractivity contribution in [2.24, 2.45) is 0 Å². The van der Waals surface area contributed by atoms with Crippen LogP contribution in [0.15, 0.2) is 54.6 Å². The van der Waals surface area contributed by atoms with Gasteiger partial charge < -0.3 is 0 Å². The summed E-state index contributed by atoms with van der Waals surface area (Å²) in [5.41, 5.74) is 6.58. The summed E-state index contributed by atoms with van der Waals surface area (Å²) in [6, 6.07) is 20.0. The lowest BCUT2D eigenvalue weighted by molar-refractivity contribution is 1.16. The maximum Gasteiger partial charge on any atom is 0.0689 e. The van der Waals surface area contributed by atoms with Crippen molar-refractivity contribution < 1.29 is 0 Å². The van der Waals surface area contributed by atoms with Crippen molar-refractivity contribution >= 4 is 65.7 Å². The van der Waals surface area contributed by atoms with Crippen molar-refractivity contribution in [3.8, 4) is 0 Å². The number of rotatable bonds is 3. The van der Waals surface area contributed by atoms with Crippen LogP contribution in [0.4, 0.5) is 11.4 Å². The van der Waals surface area contributed by atoms with Crippen LogP contribution < -0.4 is 3.11 Å². The van der Waals surface area contributed by atoms with E-state index in [-0.39, 0.29) is 0 Å². The molecule has 0 amide bonds. The molecule has 4 aromatic rings. The minimum absolute atomic E-state index is 1.07. The molecule has 1 aromatic heterocycles. The van der Waals surface area contributed by atoms with E-state index in [2.05, 4.69) is 101 Å². The molecule has 0 saturated heterocycles. The highest BCUT2D eigenvalue weighted by molar-refractivity contribution is 14.1. The first kappa shape index (κ1) is 16.9. The van der Waals surface area contributed by atoms with Gasteiger partial charge in [-0.1, -0.05) is 55.0 Å². The fourth-order valence-electron chi connectivity index (χ4n) is 3.45. The number of fused-ring (bicyclic) bond motifs is 3. The van der Waals surface area contributed by atoms with E-state index in [0.29, 0.717) is 0 Å². The highest BCUT2D eigenvalue weighted by atomic mass is 127. The molecule has 0 aliphatic heterocycles. The molecule has 0 unspecified atom stereocenters. The van der Waals surface area contributed by atoms with Gasteiger partial charge in [-0.05, 0) is 43.5 Å². The van der Waals surface area contributed by atoms with E-state index in [0.717, 1.165) is 6.42 Å². The van der Waals surface area contributed by atoms with Crippen LogP contribution in [0.3, 0.4) is 0 Å². The van der Waals surface area contributed by atoms with Crippen molar-refractivity contribution in [2.45, 2.75) is 27.2 Å². The molecule has 0 atom stereocenters. The van der Waals surface area contributed by atoms with Gasteiger partial charge in [0.2, 0.25) is 0 Å². The molecule has 1 heterocycles. The molecule has 4 rings (SSSR count). The van der Waals surface area contributed by atoms with Crippen LogP contribution in [-0.2, 0) is 6.42 Å². The SMILES string of the molecule is CCc1cccc2c1sc1c(N(I)c3ccc(C)cc3C)cccc12. The maximum absolute atomic E-state index is 2.44. The van der Waals surface area contributed by atoms with Gasteiger partial charge in [0, 0.05) is 15.5 Å². The molecule has 0 bridgehead atoms. The van der Waals surface area contributed by atoms with Crippen LogP contribution >= 0.6 is 34.2 Å². The van der Waals surface area contributed by atoms with Crippen molar-refractivity contribution in [3.05, 3.63) is 71.3 Å². The zero-order valence-electron chi connectivity index (χ0n) is 14.6. The zero-order valence-corrected chi connectivity index (χ0v) is 17.6. The molecule has 3 heteroatoms. The topological polar surface area (TPSA) is 3.24 Å². The van der Waals surface area contributed by atoms with Gasteiger partial charge in [-0.2, -0.15) is 0 Å². The number of nitrogens with zero attached hydrogens (tertiary/aromatic N) is 1. The first-order valence-electron chi connectivity index (χ1n) is 8.56. The Labute approximate surface area is 166 Å². The normalized spacial score (nSPS) is 11.4. The molecular formula is C22H20INS. The molecule has 0 saturated carbocycles. The van der Waals surface area contributed by atoms with Crippen molar-refractivity contribution in [1.82, 2.24) is 0 Å². The largest absolute Gasteiger partial charge is 0.281 e. The van der Waals surface area contributed by atoms with Gasteiger partial charge in [0.1, 0.15) is 0 Å². The summed E-state index contributed by atoms with van der Waals surface area (Å²) in [6.45, 7) is 6.57. The maximum atomic E-state index is 2.44. The average molecular weight is 457 g/mol. The number of halogens is 1. The number of hydrogen-bond acceptors (Lipinski definition) is 2. The third-order valence-electron chi connectivity index (χ3n) is 4.74. The summed E-state index contributed by atoms with van der Waals surface area (Å²) in [6.07, 6.45) is 1.07. The standard InChI is InChI=1S/C22H20INS/c1-4-16-7-5-8-17-18-9-6-10-20(22(18)25-21(16)17)24(23)19-12-11-14(2)13-15(19)3/h5-13H,4H2,1-3H3. The fourth-order valence-corrected chi connectivity index (χ4v) is 5.95. The first-order chi connectivity index (χ1) is 12.1. The lowest BCUT2D eigenvalue weighted by atomic mass is 10.1. The van der Waals surface area contributed by atoms with Gasteiger partial charge in [-0.15, -0.1) is 11.3 Å². The second-order valence-electron chi connectivity index (χ2n) is 6.47. The number of anilines is 2. The molecule has 3 aromatic carbocycles. The number of thiophene rings is 1. The monoisotopic (exact) mass is 457 g/mol. The highest BCUT2D eigenvalue weighted by Crippen LogP contribution is 2.44.